The van der Waals surface area contributed by atoms with Crippen molar-refractivity contribution in [3.8, 4) is 101 Å². The third-order valence-corrected chi connectivity index (χ3v) is 22.5. The summed E-state index contributed by atoms with van der Waals surface area (Å²) in [6.07, 6.45) is 0. The predicted octanol–water partition coefficient (Wildman–Crippen LogP) is 22.7. The highest BCUT2D eigenvalue weighted by molar-refractivity contribution is 9.16. The summed E-state index contributed by atoms with van der Waals surface area (Å²) < 4.78 is 15.8. The quantitative estimate of drug-likeness (QED) is 0.0626. The number of aryl methyl sites for hydroxylation is 4. The monoisotopic (exact) mass is 1540 g/mol. The third kappa shape index (κ3) is 15.4. The van der Waals surface area contributed by atoms with Crippen LogP contribution in [0.25, 0.3) is 89.0 Å². The Morgan fingerprint density at radius 3 is 0.602 bits per heavy atom. The second kappa shape index (κ2) is 29.5. The molecule has 0 heterocycles. The number of hydrogen-bond acceptors (Lipinski definition) is 6. The van der Waals surface area contributed by atoms with E-state index in [1.807, 2.05) is 36.4 Å². The van der Waals surface area contributed by atoms with E-state index < -0.39 is 11.9 Å². The maximum absolute atomic E-state index is 11.5. The minimum Gasteiger partial charge on any atom is -0.478 e. The van der Waals surface area contributed by atoms with Gasteiger partial charge in [-0.15, -0.1) is 0 Å². The van der Waals surface area contributed by atoms with E-state index in [1.165, 1.54) is 91.0 Å². The smallest absolute Gasteiger partial charge is 0.335 e. The molecule has 11 aromatic carbocycles. The molecule has 8 nitrogen and oxygen atoms in total. The molecule has 2 N–H and O–H groups in total. The van der Waals surface area contributed by atoms with Crippen molar-refractivity contribution in [1.82, 2.24) is 0 Å². The fourth-order valence-corrected chi connectivity index (χ4v) is 13.7. The van der Waals surface area contributed by atoms with Gasteiger partial charge in [0.05, 0.1) is 11.1 Å². The van der Waals surface area contributed by atoms with Gasteiger partial charge < -0.3 is 19.7 Å². The predicted molar refractivity (Wildman–Crippen MR) is 375 cm³/mol. The van der Waals surface area contributed by atoms with Gasteiger partial charge >= 0.3 is 11.9 Å². The highest BCUT2D eigenvalue weighted by atomic mass is 79.9. The zero-order chi connectivity index (χ0) is 62.8. The van der Waals surface area contributed by atoms with Crippen LogP contribution >= 0.6 is 95.6 Å². The third-order valence-electron chi connectivity index (χ3n) is 14.5. The van der Waals surface area contributed by atoms with Gasteiger partial charge in [-0.25, -0.2) is 9.59 Å². The van der Waals surface area contributed by atoms with E-state index in [4.69, 9.17) is 9.47 Å². The Morgan fingerprint density at radius 1 is 0.284 bits per heavy atom. The van der Waals surface area contributed by atoms with Gasteiger partial charge in [0.15, 0.2) is 0 Å². The zero-order valence-electron chi connectivity index (χ0n) is 47.6. The van der Waals surface area contributed by atoms with E-state index in [0.29, 0.717) is 24.4 Å². The van der Waals surface area contributed by atoms with E-state index in [2.05, 4.69) is 232 Å². The van der Waals surface area contributed by atoms with Gasteiger partial charge in [0.1, 0.15) is 11.5 Å². The first-order chi connectivity index (χ1) is 42.3. The van der Waals surface area contributed by atoms with Crippen molar-refractivity contribution < 1.29 is 38.9 Å². The number of carboxylic acids is 2. The van der Waals surface area contributed by atoms with Gasteiger partial charge in [0, 0.05) is 26.8 Å². The van der Waals surface area contributed by atoms with Crippen molar-refractivity contribution in [3.05, 3.63) is 279 Å². The molecule has 0 saturated heterocycles. The summed E-state index contributed by atoms with van der Waals surface area (Å²) in [5, 5.41) is 18.8. The van der Waals surface area contributed by atoms with Gasteiger partial charge in [-0.05, 0) is 285 Å². The Labute approximate surface area is 561 Å². The van der Waals surface area contributed by atoms with E-state index in [9.17, 15) is 29.4 Å². The standard InChI is InChI=1S/C34H22O8.C34H30.C6Br6/c35-19-41-27-13-9-23(10-14-27)31-17-29(21-1-5-25(6-2-21)33(37)38)30(22-3-7-26(8-4-22)34(39)40)18-32(31)24-11-15-28(16-12-24)42-20-36;1-23-5-13-27(14-6-23)31-21-33(29-17-9-25(3)10-18-29)34(30-19-11-26(4)12-20-30)22-32(31)28-15-7-24(2)8-16-28;7-1-2(8)4(10)6(12)5(11)3(1)9/h1-20H,(H,37,38)(H,39,40);5-22H,1-4H3;. The molecule has 0 bridgehead atoms. The van der Waals surface area contributed by atoms with Crippen LogP contribution in [0.15, 0.2) is 245 Å². The number of ether oxygens (including phenoxy) is 2. The second-order valence-corrected chi connectivity index (χ2v) is 25.2. The number of carboxylic acid groups (broad SMARTS) is 2. The van der Waals surface area contributed by atoms with Crippen LogP contribution < -0.4 is 9.47 Å². The summed E-state index contributed by atoms with van der Waals surface area (Å²) in [6.45, 7) is 9.27. The normalized spacial score (nSPS) is 10.7. The molecule has 0 fully saturated rings. The highest BCUT2D eigenvalue weighted by Gasteiger charge is 2.20. The fourth-order valence-electron chi connectivity index (χ4n) is 9.74. The van der Waals surface area contributed by atoms with E-state index >= 15 is 0 Å². The summed E-state index contributed by atoms with van der Waals surface area (Å²) >= 11 is 20.6. The molecule has 11 aromatic rings. The van der Waals surface area contributed by atoms with Crippen molar-refractivity contribution in [3.63, 3.8) is 0 Å². The van der Waals surface area contributed by atoms with Crippen LogP contribution in [0.1, 0.15) is 43.0 Å². The first-order valence-electron chi connectivity index (χ1n) is 27.2. The Bertz CT molecular complexity index is 3880. The number of hydrogen-bond donors (Lipinski definition) is 2. The van der Waals surface area contributed by atoms with Gasteiger partial charge in [-0.2, -0.15) is 0 Å². The number of rotatable bonds is 14. The van der Waals surface area contributed by atoms with Crippen molar-refractivity contribution >= 4 is 120 Å². The molecule has 0 atom stereocenters. The molecule has 14 heteroatoms. The van der Waals surface area contributed by atoms with Gasteiger partial charge in [-0.3, -0.25) is 9.59 Å². The molecule has 0 aromatic heterocycles. The highest BCUT2D eigenvalue weighted by Crippen LogP contribution is 2.48. The van der Waals surface area contributed by atoms with Crippen molar-refractivity contribution in [2.45, 2.75) is 27.7 Å². The maximum Gasteiger partial charge on any atom is 0.335 e. The number of halogens is 6. The molecule has 0 aliphatic carbocycles. The van der Waals surface area contributed by atoms with Gasteiger partial charge in [0.2, 0.25) is 0 Å². The van der Waals surface area contributed by atoms with E-state index in [1.54, 1.807) is 48.5 Å². The first-order valence-corrected chi connectivity index (χ1v) is 32.0. The lowest BCUT2D eigenvalue weighted by atomic mass is 9.85. The van der Waals surface area contributed by atoms with Gasteiger partial charge in [-0.1, -0.05) is 168 Å². The molecule has 0 saturated carbocycles. The average Bonchev–Trinajstić information content (AvgIpc) is 2.86. The van der Waals surface area contributed by atoms with Crippen LogP contribution in [-0.4, -0.2) is 35.1 Å². The molecule has 438 valence electrons. The van der Waals surface area contributed by atoms with E-state index in [-0.39, 0.29) is 11.1 Å². The molecular formula is C74H52Br6O8. The zero-order valence-corrected chi connectivity index (χ0v) is 57.1. The Hall–Kier alpha value is -7.82. The van der Waals surface area contributed by atoms with Crippen LogP contribution in [0, 0.1) is 27.7 Å². The largest absolute Gasteiger partial charge is 0.478 e. The lowest BCUT2D eigenvalue weighted by Crippen LogP contribution is -1.97. The summed E-state index contributed by atoms with van der Waals surface area (Å²) in [6, 6.07) is 71.3. The topological polar surface area (TPSA) is 127 Å². The van der Waals surface area contributed by atoms with Crippen LogP contribution in [0.2, 0.25) is 0 Å². The molecular weight excluding hydrogens is 1500 g/mol. The number of benzene rings is 11. The van der Waals surface area contributed by atoms with Crippen molar-refractivity contribution in [2.24, 2.45) is 0 Å². The average molecular weight is 1550 g/mol. The Balaban J connectivity index is 0.000000179. The minimum atomic E-state index is -1.04. The molecule has 0 radical (unpaired) electrons. The lowest BCUT2D eigenvalue weighted by molar-refractivity contribution is -0.121. The van der Waals surface area contributed by atoms with Crippen LogP contribution in [-0.2, 0) is 9.59 Å². The molecule has 0 aliphatic heterocycles. The minimum absolute atomic E-state index is 0.145. The number of carbonyl (C=O) groups is 4. The van der Waals surface area contributed by atoms with Crippen LogP contribution in [0.4, 0.5) is 0 Å². The summed E-state index contributed by atoms with van der Waals surface area (Å²) in [7, 11) is 0. The Morgan fingerprint density at radius 2 is 0.443 bits per heavy atom. The molecule has 0 aliphatic rings. The molecule has 0 unspecified atom stereocenters. The van der Waals surface area contributed by atoms with Crippen LogP contribution in [0.3, 0.4) is 0 Å². The molecule has 11 rings (SSSR count). The number of aromatic carboxylic acids is 2. The first kappa shape index (κ1) is 64.6. The Kier molecular flexibility index (Phi) is 21.6. The molecule has 0 amide bonds. The summed E-state index contributed by atoms with van der Waals surface area (Å²) in [4.78, 5) is 44.6. The summed E-state index contributed by atoms with van der Waals surface area (Å²) in [5.41, 5.74) is 21.7. The summed E-state index contributed by atoms with van der Waals surface area (Å²) in [5.74, 6) is -1.32. The van der Waals surface area contributed by atoms with Crippen molar-refractivity contribution in [1.29, 1.82) is 0 Å². The maximum atomic E-state index is 11.5. The van der Waals surface area contributed by atoms with E-state index in [0.717, 1.165) is 71.3 Å². The second-order valence-electron chi connectivity index (χ2n) is 20.5. The van der Waals surface area contributed by atoms with Crippen LogP contribution in [0.5, 0.6) is 11.5 Å². The molecule has 0 spiro atoms. The molecule has 88 heavy (non-hydrogen) atoms. The number of carbonyl (C=O) groups excluding carboxylic acids is 2. The van der Waals surface area contributed by atoms with Gasteiger partial charge in [0.25, 0.3) is 12.9 Å². The SMILES string of the molecule is Brc1c(Br)c(Br)c(Br)c(Br)c1Br.Cc1ccc(-c2cc(-c3ccc(C)cc3)c(-c3ccc(C)cc3)cc2-c2ccc(C)cc2)cc1.O=COc1ccc(-c2cc(-c3ccc(C(=O)O)cc3)c(-c3ccc(C(=O)O)cc3)cc2-c2ccc(OC=O)cc2)cc1. The van der Waals surface area contributed by atoms with Crippen molar-refractivity contribution in [2.75, 3.05) is 0 Å². The lowest BCUT2D eigenvalue weighted by Gasteiger charge is -2.19. The fraction of sp³-hybridized carbons (Fsp3) is 0.0541.